The number of carbonyl (C=O) groups excluding carboxylic acids is 1. The van der Waals surface area contributed by atoms with Crippen LogP contribution >= 0.6 is 0 Å². The fourth-order valence-electron chi connectivity index (χ4n) is 3.50. The second kappa shape index (κ2) is 7.78. The van der Waals surface area contributed by atoms with E-state index in [1.807, 2.05) is 0 Å². The van der Waals surface area contributed by atoms with E-state index in [0.717, 1.165) is 12.1 Å². The van der Waals surface area contributed by atoms with Crippen LogP contribution < -0.4 is 15.8 Å². The Morgan fingerprint density at radius 2 is 2.10 bits per heavy atom. The van der Waals surface area contributed by atoms with Crippen LogP contribution in [0.4, 0.5) is 18.9 Å². The molecule has 0 aliphatic carbocycles. The molecule has 4 rings (SSSR count). The van der Waals surface area contributed by atoms with E-state index in [-0.39, 0.29) is 29.3 Å². The number of nitrogens with zero attached hydrogens (tertiary/aromatic N) is 3. The summed E-state index contributed by atoms with van der Waals surface area (Å²) in [5, 5.41) is 2.54. The third kappa shape index (κ3) is 3.60. The van der Waals surface area contributed by atoms with Gasteiger partial charge in [0.05, 0.1) is 25.5 Å². The van der Waals surface area contributed by atoms with Crippen LogP contribution in [0.3, 0.4) is 0 Å². The molecule has 0 saturated carbocycles. The van der Waals surface area contributed by atoms with Crippen molar-refractivity contribution in [3.05, 3.63) is 77.6 Å². The molecule has 1 aliphatic rings. The second-order valence-corrected chi connectivity index (χ2v) is 6.98. The van der Waals surface area contributed by atoms with E-state index in [2.05, 4.69) is 15.3 Å². The van der Waals surface area contributed by atoms with Crippen molar-refractivity contribution in [3.8, 4) is 5.75 Å². The van der Waals surface area contributed by atoms with Gasteiger partial charge in [-0.1, -0.05) is 0 Å². The first-order chi connectivity index (χ1) is 14.8. The van der Waals surface area contributed by atoms with Gasteiger partial charge in [0.25, 0.3) is 12.3 Å². The molecule has 0 saturated heterocycles. The number of amides is 1. The smallest absolute Gasteiger partial charge is 0.274 e. The molecule has 0 spiro atoms. The molecule has 3 N–H and O–H groups in total. The van der Waals surface area contributed by atoms with Crippen LogP contribution in [0, 0.1) is 5.82 Å². The van der Waals surface area contributed by atoms with Crippen molar-refractivity contribution in [1.29, 1.82) is 0 Å². The number of nitrogens with one attached hydrogen (secondary N) is 1. The van der Waals surface area contributed by atoms with Gasteiger partial charge < -0.3 is 20.4 Å². The number of methoxy groups -OCH3 is 1. The third-order valence-corrected chi connectivity index (χ3v) is 5.08. The highest BCUT2D eigenvalue weighted by Crippen LogP contribution is 2.40. The van der Waals surface area contributed by atoms with Crippen LogP contribution in [0.15, 0.2) is 59.9 Å². The highest BCUT2D eigenvalue weighted by molar-refractivity contribution is 6.03. The maximum absolute atomic E-state index is 14.7. The molecule has 0 radical (unpaired) electrons. The normalized spacial score (nSPS) is 17.8. The topological polar surface area (TPSA) is 94.5 Å². The first-order valence-electron chi connectivity index (χ1n) is 9.24. The first kappa shape index (κ1) is 20.5. The van der Waals surface area contributed by atoms with Crippen molar-refractivity contribution in [2.75, 3.05) is 12.4 Å². The van der Waals surface area contributed by atoms with E-state index in [9.17, 15) is 18.0 Å². The van der Waals surface area contributed by atoms with Crippen molar-refractivity contribution >= 4 is 17.4 Å². The first-order valence-corrected chi connectivity index (χ1v) is 9.24. The molecule has 1 atom stereocenters. The van der Waals surface area contributed by atoms with Crippen LogP contribution in [0.25, 0.3) is 0 Å². The van der Waals surface area contributed by atoms with E-state index >= 15 is 0 Å². The number of pyridine rings is 1. The number of halogens is 3. The number of alkyl halides is 2. The lowest BCUT2D eigenvalue weighted by atomic mass is 9.88. The van der Waals surface area contributed by atoms with Gasteiger partial charge in [-0.3, -0.25) is 4.79 Å². The average molecular weight is 429 g/mol. The average Bonchev–Trinajstić information content (AvgIpc) is 3.24. The summed E-state index contributed by atoms with van der Waals surface area (Å²) >= 11 is 0. The Morgan fingerprint density at radius 3 is 2.77 bits per heavy atom. The van der Waals surface area contributed by atoms with Gasteiger partial charge in [0.15, 0.2) is 5.54 Å². The molecule has 2 aromatic heterocycles. The van der Waals surface area contributed by atoms with Gasteiger partial charge in [0, 0.05) is 17.4 Å². The fourth-order valence-corrected chi connectivity index (χ4v) is 3.50. The number of carbonyl (C=O) groups is 1. The number of fused-ring (bicyclic) bond motifs is 1. The summed E-state index contributed by atoms with van der Waals surface area (Å²) in [5.41, 5.74) is 3.96. The lowest BCUT2D eigenvalue weighted by Gasteiger charge is -2.34. The highest BCUT2D eigenvalue weighted by atomic mass is 19.3. The Morgan fingerprint density at radius 1 is 1.29 bits per heavy atom. The quantitative estimate of drug-likeness (QED) is 0.652. The maximum atomic E-state index is 14.7. The Kier molecular flexibility index (Phi) is 5.14. The standard InChI is InChI=1S/C21H18F3N5O2/c1-31-13-5-7-16(26-10-13)19(30)27-12-4-6-15(22)14(9-12)21(20(23)24)11-29-8-2-3-17(29)18(25)28-21/h2-10,20H,11H2,1H3,(H2,25,28)(H,27,30)/t21-/m0/s1. The van der Waals surface area contributed by atoms with E-state index in [1.165, 1.54) is 30.0 Å². The van der Waals surface area contributed by atoms with Crippen molar-refractivity contribution in [2.24, 2.45) is 10.7 Å². The number of ether oxygens (including phenoxy) is 1. The minimum Gasteiger partial charge on any atom is -0.495 e. The number of aliphatic imine (C=N–C) groups is 1. The van der Waals surface area contributed by atoms with E-state index in [4.69, 9.17) is 10.5 Å². The Bertz CT molecular complexity index is 1160. The number of amidine groups is 1. The van der Waals surface area contributed by atoms with Gasteiger partial charge in [-0.05, 0) is 42.5 Å². The lowest BCUT2D eigenvalue weighted by molar-refractivity contribution is 0.0387. The number of hydrogen-bond acceptors (Lipinski definition) is 5. The zero-order valence-electron chi connectivity index (χ0n) is 16.3. The Balaban J connectivity index is 1.69. The molecule has 7 nitrogen and oxygen atoms in total. The minimum atomic E-state index is -3.05. The molecule has 3 heterocycles. The van der Waals surface area contributed by atoms with Gasteiger partial charge >= 0.3 is 0 Å². The zero-order chi connectivity index (χ0) is 22.2. The van der Waals surface area contributed by atoms with Crippen LogP contribution in [-0.2, 0) is 12.1 Å². The van der Waals surface area contributed by atoms with Crippen molar-refractivity contribution in [1.82, 2.24) is 9.55 Å². The summed E-state index contributed by atoms with van der Waals surface area (Å²) in [5.74, 6) is -1.12. The van der Waals surface area contributed by atoms with Crippen LogP contribution in [-0.4, -0.2) is 34.8 Å². The summed E-state index contributed by atoms with van der Waals surface area (Å²) < 4.78 is 49.8. The molecule has 0 fully saturated rings. The fraction of sp³-hybridized carbons (Fsp3) is 0.190. The highest BCUT2D eigenvalue weighted by Gasteiger charge is 2.47. The van der Waals surface area contributed by atoms with Crippen LogP contribution in [0.1, 0.15) is 21.7 Å². The SMILES string of the molecule is COc1ccc(C(=O)Nc2ccc(F)c([C@]3(C(F)F)Cn4cccc4C(N)=N3)c2)nc1. The van der Waals surface area contributed by atoms with Gasteiger partial charge in [-0.25, -0.2) is 23.1 Å². The van der Waals surface area contributed by atoms with E-state index in [1.54, 1.807) is 24.4 Å². The molecule has 3 aromatic rings. The van der Waals surface area contributed by atoms with Gasteiger partial charge in [0.1, 0.15) is 23.1 Å². The van der Waals surface area contributed by atoms with Crippen molar-refractivity contribution < 1.29 is 22.7 Å². The maximum Gasteiger partial charge on any atom is 0.274 e. The molecule has 160 valence electrons. The predicted octanol–water partition coefficient (Wildman–Crippen LogP) is 3.16. The third-order valence-electron chi connectivity index (χ3n) is 5.08. The van der Waals surface area contributed by atoms with E-state index < -0.39 is 23.7 Å². The molecule has 1 aliphatic heterocycles. The molecule has 1 aromatic carbocycles. The Labute approximate surface area is 175 Å². The summed E-state index contributed by atoms with van der Waals surface area (Å²) in [6.45, 7) is -0.304. The number of rotatable bonds is 5. The molecular weight excluding hydrogens is 411 g/mol. The summed E-state index contributed by atoms with van der Waals surface area (Å²) in [7, 11) is 1.47. The number of benzene rings is 1. The van der Waals surface area contributed by atoms with Crippen LogP contribution in [0.5, 0.6) is 5.75 Å². The zero-order valence-corrected chi connectivity index (χ0v) is 16.3. The molecule has 0 unspecified atom stereocenters. The number of anilines is 1. The number of aromatic nitrogens is 2. The van der Waals surface area contributed by atoms with Crippen LogP contribution in [0.2, 0.25) is 0 Å². The Hall–Kier alpha value is -3.82. The van der Waals surface area contributed by atoms with Gasteiger partial charge in [-0.15, -0.1) is 0 Å². The lowest BCUT2D eigenvalue weighted by Crippen LogP contribution is -2.44. The van der Waals surface area contributed by atoms with Gasteiger partial charge in [-0.2, -0.15) is 0 Å². The molecule has 1 amide bonds. The number of hydrogen-bond donors (Lipinski definition) is 2. The number of nitrogens with two attached hydrogens (primary N) is 1. The van der Waals surface area contributed by atoms with E-state index in [0.29, 0.717) is 11.4 Å². The molecule has 31 heavy (non-hydrogen) atoms. The van der Waals surface area contributed by atoms with Crippen molar-refractivity contribution in [2.45, 2.75) is 18.5 Å². The monoisotopic (exact) mass is 429 g/mol. The second-order valence-electron chi connectivity index (χ2n) is 6.98. The largest absolute Gasteiger partial charge is 0.495 e. The summed E-state index contributed by atoms with van der Waals surface area (Å²) in [6.07, 6.45) is -0.108. The molecule has 0 bridgehead atoms. The summed E-state index contributed by atoms with van der Waals surface area (Å²) in [4.78, 5) is 20.4. The molecular formula is C21H18F3N5O2. The van der Waals surface area contributed by atoms with Gasteiger partial charge in [0.2, 0.25) is 0 Å². The summed E-state index contributed by atoms with van der Waals surface area (Å²) in [6, 6.07) is 9.71. The molecule has 10 heteroatoms. The predicted molar refractivity (Wildman–Crippen MR) is 108 cm³/mol. The minimum absolute atomic E-state index is 0.0761. The van der Waals surface area contributed by atoms with Crippen molar-refractivity contribution in [3.63, 3.8) is 0 Å².